The minimum Gasteiger partial charge on any atom is -0.354 e. The van der Waals surface area contributed by atoms with Gasteiger partial charge < -0.3 is 10.2 Å². The van der Waals surface area contributed by atoms with Gasteiger partial charge >= 0.3 is 0 Å². The first-order valence-electron chi connectivity index (χ1n) is 6.00. The molecule has 2 rings (SSSR count). The van der Waals surface area contributed by atoms with Crippen LogP contribution in [0.5, 0.6) is 0 Å². The number of hydrogen-bond acceptors (Lipinski definition) is 2. The monoisotopic (exact) mass is 224 g/mol. The Morgan fingerprint density at radius 1 is 1.38 bits per heavy atom. The molecule has 2 aliphatic heterocycles. The van der Waals surface area contributed by atoms with Gasteiger partial charge in [0.05, 0.1) is 0 Å². The molecule has 4 heteroatoms. The average molecular weight is 224 g/mol. The Labute approximate surface area is 96.4 Å². The smallest absolute Gasteiger partial charge is 0.243 e. The minimum atomic E-state index is -0.396. The summed E-state index contributed by atoms with van der Waals surface area (Å²) in [6.45, 7) is 7.21. The van der Waals surface area contributed by atoms with Crippen molar-refractivity contribution in [1.29, 1.82) is 0 Å². The van der Waals surface area contributed by atoms with Crippen LogP contribution in [0.2, 0.25) is 0 Å². The third kappa shape index (κ3) is 1.81. The van der Waals surface area contributed by atoms with Crippen LogP contribution in [-0.2, 0) is 9.59 Å². The van der Waals surface area contributed by atoms with Crippen LogP contribution in [0, 0.1) is 11.3 Å². The van der Waals surface area contributed by atoms with Gasteiger partial charge in [-0.3, -0.25) is 9.59 Å². The largest absolute Gasteiger partial charge is 0.354 e. The minimum absolute atomic E-state index is 0.0337. The molecule has 0 saturated carbocycles. The number of rotatable bonds is 0. The van der Waals surface area contributed by atoms with Crippen molar-refractivity contribution in [2.45, 2.75) is 39.7 Å². The number of carbonyl (C=O) groups is 2. The van der Waals surface area contributed by atoms with Crippen LogP contribution in [0.25, 0.3) is 0 Å². The highest BCUT2D eigenvalue weighted by Gasteiger charge is 2.45. The van der Waals surface area contributed by atoms with E-state index in [0.29, 0.717) is 5.92 Å². The molecule has 4 nitrogen and oxygen atoms in total. The molecule has 1 N–H and O–H groups in total. The normalized spacial score (nSPS) is 29.9. The molecule has 0 aromatic carbocycles. The van der Waals surface area contributed by atoms with Gasteiger partial charge in [-0.1, -0.05) is 20.8 Å². The number of carbonyl (C=O) groups excluding carboxylic acids is 2. The fraction of sp³-hybridized carbons (Fsp3) is 0.833. The molecule has 0 aromatic rings. The SMILES string of the molecule is CC(C)(C)C(=O)N1CCC2CCNC(=O)C21. The van der Waals surface area contributed by atoms with E-state index in [1.165, 1.54) is 0 Å². The number of piperidine rings is 1. The molecule has 0 radical (unpaired) electrons. The quantitative estimate of drug-likeness (QED) is 0.660. The first kappa shape index (κ1) is 11.4. The molecule has 0 bridgehead atoms. The Balaban J connectivity index is 2.18. The summed E-state index contributed by atoms with van der Waals surface area (Å²) in [7, 11) is 0. The Bertz CT molecular complexity index is 319. The van der Waals surface area contributed by atoms with E-state index in [1.807, 2.05) is 20.8 Å². The predicted octanol–water partition coefficient (Wildman–Crippen LogP) is 0.769. The molecular formula is C12H20N2O2. The van der Waals surface area contributed by atoms with Gasteiger partial charge in [0.15, 0.2) is 0 Å². The maximum absolute atomic E-state index is 12.2. The second-order valence-electron chi connectivity index (χ2n) is 5.82. The van der Waals surface area contributed by atoms with Crippen LogP contribution in [-0.4, -0.2) is 35.8 Å². The van der Waals surface area contributed by atoms with Crippen molar-refractivity contribution in [3.63, 3.8) is 0 Å². The lowest BCUT2D eigenvalue weighted by atomic mass is 9.90. The topological polar surface area (TPSA) is 49.4 Å². The number of nitrogens with one attached hydrogen (secondary N) is 1. The maximum atomic E-state index is 12.2. The van der Waals surface area contributed by atoms with Gasteiger partial charge in [-0.25, -0.2) is 0 Å². The van der Waals surface area contributed by atoms with Crippen molar-refractivity contribution in [3.05, 3.63) is 0 Å². The number of amides is 2. The van der Waals surface area contributed by atoms with Crippen LogP contribution in [0.4, 0.5) is 0 Å². The van der Waals surface area contributed by atoms with Gasteiger partial charge in [0.1, 0.15) is 6.04 Å². The van der Waals surface area contributed by atoms with E-state index >= 15 is 0 Å². The van der Waals surface area contributed by atoms with Gasteiger partial charge in [-0.05, 0) is 18.8 Å². The predicted molar refractivity (Wildman–Crippen MR) is 60.7 cm³/mol. The zero-order valence-electron chi connectivity index (χ0n) is 10.2. The van der Waals surface area contributed by atoms with E-state index in [9.17, 15) is 9.59 Å². The van der Waals surface area contributed by atoms with Crippen LogP contribution in [0.3, 0.4) is 0 Å². The molecule has 2 saturated heterocycles. The Kier molecular flexibility index (Phi) is 2.68. The van der Waals surface area contributed by atoms with E-state index in [1.54, 1.807) is 4.90 Å². The van der Waals surface area contributed by atoms with Crippen LogP contribution in [0.1, 0.15) is 33.6 Å². The molecule has 2 unspecified atom stereocenters. The zero-order chi connectivity index (χ0) is 11.9. The van der Waals surface area contributed by atoms with Crippen molar-refractivity contribution in [1.82, 2.24) is 10.2 Å². The first-order valence-corrected chi connectivity index (χ1v) is 6.00. The number of nitrogens with zero attached hydrogens (tertiary/aromatic N) is 1. The maximum Gasteiger partial charge on any atom is 0.243 e. The third-order valence-electron chi connectivity index (χ3n) is 3.51. The molecule has 0 spiro atoms. The molecule has 16 heavy (non-hydrogen) atoms. The van der Waals surface area contributed by atoms with Crippen molar-refractivity contribution in [3.8, 4) is 0 Å². The van der Waals surface area contributed by atoms with E-state index < -0.39 is 5.41 Å². The lowest BCUT2D eigenvalue weighted by Crippen LogP contribution is -2.54. The zero-order valence-corrected chi connectivity index (χ0v) is 10.2. The van der Waals surface area contributed by atoms with Crippen molar-refractivity contribution < 1.29 is 9.59 Å². The lowest BCUT2D eigenvalue weighted by Gasteiger charge is -2.34. The van der Waals surface area contributed by atoms with Gasteiger partial charge in [0.2, 0.25) is 11.8 Å². The van der Waals surface area contributed by atoms with Gasteiger partial charge in [0.25, 0.3) is 0 Å². The average Bonchev–Trinajstić information content (AvgIpc) is 2.60. The molecule has 0 aromatic heterocycles. The molecule has 0 aliphatic carbocycles. The number of hydrogen-bond donors (Lipinski definition) is 1. The van der Waals surface area contributed by atoms with Crippen molar-refractivity contribution in [2.24, 2.45) is 11.3 Å². The second-order valence-corrected chi connectivity index (χ2v) is 5.82. The molecule has 2 amide bonds. The van der Waals surface area contributed by atoms with Crippen molar-refractivity contribution >= 4 is 11.8 Å². The molecule has 2 fully saturated rings. The Morgan fingerprint density at radius 3 is 2.69 bits per heavy atom. The van der Waals surface area contributed by atoms with E-state index in [2.05, 4.69) is 5.32 Å². The number of fused-ring (bicyclic) bond motifs is 1. The fourth-order valence-electron chi connectivity index (χ4n) is 2.66. The van der Waals surface area contributed by atoms with Gasteiger partial charge in [-0.2, -0.15) is 0 Å². The van der Waals surface area contributed by atoms with Crippen LogP contribution < -0.4 is 5.32 Å². The summed E-state index contributed by atoms with van der Waals surface area (Å²) < 4.78 is 0. The summed E-state index contributed by atoms with van der Waals surface area (Å²) in [5, 5.41) is 2.86. The summed E-state index contributed by atoms with van der Waals surface area (Å²) in [6.07, 6.45) is 1.98. The summed E-state index contributed by atoms with van der Waals surface area (Å²) in [6, 6.07) is -0.208. The van der Waals surface area contributed by atoms with Gasteiger partial charge in [0, 0.05) is 18.5 Å². The second kappa shape index (κ2) is 3.75. The summed E-state index contributed by atoms with van der Waals surface area (Å²) in [5.41, 5.74) is -0.396. The first-order chi connectivity index (χ1) is 7.41. The Morgan fingerprint density at radius 2 is 2.06 bits per heavy atom. The van der Waals surface area contributed by atoms with Crippen LogP contribution in [0.15, 0.2) is 0 Å². The van der Waals surface area contributed by atoms with E-state index in [0.717, 1.165) is 25.9 Å². The molecule has 2 aliphatic rings. The molecule has 2 atom stereocenters. The molecule has 90 valence electrons. The highest BCUT2D eigenvalue weighted by atomic mass is 16.2. The summed E-state index contributed by atoms with van der Waals surface area (Å²) in [5.74, 6) is 0.503. The standard InChI is InChI=1S/C12H20N2O2/c1-12(2,3)11(16)14-7-5-8-4-6-13-10(15)9(8)14/h8-9H,4-7H2,1-3H3,(H,13,15). The summed E-state index contributed by atoms with van der Waals surface area (Å²) in [4.78, 5) is 25.8. The fourth-order valence-corrected chi connectivity index (χ4v) is 2.66. The third-order valence-corrected chi connectivity index (χ3v) is 3.51. The summed E-state index contributed by atoms with van der Waals surface area (Å²) >= 11 is 0. The van der Waals surface area contributed by atoms with Crippen molar-refractivity contribution in [2.75, 3.05) is 13.1 Å². The number of likely N-dealkylation sites (tertiary alicyclic amines) is 1. The highest BCUT2D eigenvalue weighted by molar-refractivity contribution is 5.91. The van der Waals surface area contributed by atoms with Crippen LogP contribution >= 0.6 is 0 Å². The molecule has 2 heterocycles. The Hall–Kier alpha value is -1.06. The van der Waals surface area contributed by atoms with E-state index in [-0.39, 0.29) is 17.9 Å². The van der Waals surface area contributed by atoms with E-state index in [4.69, 9.17) is 0 Å². The molecular weight excluding hydrogens is 204 g/mol. The lowest BCUT2D eigenvalue weighted by molar-refractivity contribution is -0.146. The van der Waals surface area contributed by atoms with Gasteiger partial charge in [-0.15, -0.1) is 0 Å². The highest BCUT2D eigenvalue weighted by Crippen LogP contribution is 2.32.